The van der Waals surface area contributed by atoms with Gasteiger partial charge >= 0.3 is 0 Å². The van der Waals surface area contributed by atoms with Crippen LogP contribution in [0.2, 0.25) is 0 Å². The van der Waals surface area contributed by atoms with Crippen LogP contribution in [0.5, 0.6) is 0 Å². The van der Waals surface area contributed by atoms with E-state index in [1.165, 1.54) is 0 Å². The number of hydrogen-bond donors (Lipinski definition) is 0. The highest BCUT2D eigenvalue weighted by Crippen LogP contribution is 2.31. The van der Waals surface area contributed by atoms with Gasteiger partial charge in [-0.2, -0.15) is 0 Å². The van der Waals surface area contributed by atoms with Crippen molar-refractivity contribution in [2.45, 2.75) is 12.7 Å². The second kappa shape index (κ2) is 4.25. The Morgan fingerprint density at radius 3 is 2.82 bits per heavy atom. The summed E-state index contributed by atoms with van der Waals surface area (Å²) in [5.41, 5.74) is 2.47. The summed E-state index contributed by atoms with van der Waals surface area (Å²) >= 11 is 0. The number of hydrogen-bond acceptors (Lipinski definition) is 3. The third-order valence-corrected chi connectivity index (χ3v) is 2.83. The molecule has 1 aliphatic rings. The first-order valence-electron chi connectivity index (χ1n) is 5.59. The first-order chi connectivity index (χ1) is 8.38. The fraction of sp³-hybridized carbons (Fsp3) is 0.286. The molecule has 3 rings (SSSR count). The Hall–Kier alpha value is -1.76. The molecule has 1 aromatic carbocycles. The Bertz CT molecular complexity index is 571. The van der Waals surface area contributed by atoms with Crippen molar-refractivity contribution in [3.8, 4) is 12.3 Å². The zero-order valence-corrected chi connectivity index (χ0v) is 9.31. The quantitative estimate of drug-likeness (QED) is 0.703. The van der Waals surface area contributed by atoms with E-state index in [0.717, 1.165) is 28.5 Å². The molecule has 3 heteroatoms. The molecule has 0 unspecified atom stereocenters. The van der Waals surface area contributed by atoms with Crippen molar-refractivity contribution in [3.63, 3.8) is 0 Å². The highest BCUT2D eigenvalue weighted by molar-refractivity contribution is 5.82. The van der Waals surface area contributed by atoms with Crippen LogP contribution < -0.4 is 0 Å². The fourth-order valence-corrected chi connectivity index (χ4v) is 2.04. The third kappa shape index (κ3) is 1.82. The maximum Gasteiger partial charge on any atom is 0.187 e. The number of fused-ring (bicyclic) bond motifs is 1. The van der Waals surface area contributed by atoms with E-state index in [4.69, 9.17) is 20.3 Å². The van der Waals surface area contributed by atoms with Crippen LogP contribution in [-0.2, 0) is 9.47 Å². The summed E-state index contributed by atoms with van der Waals surface area (Å²) in [6.45, 7) is 1.40. The largest absolute Gasteiger partial charge is 0.464 e. The van der Waals surface area contributed by atoms with Crippen LogP contribution >= 0.6 is 0 Å². The van der Waals surface area contributed by atoms with Crippen molar-refractivity contribution in [1.82, 2.24) is 0 Å². The Kier molecular flexibility index (Phi) is 2.60. The van der Waals surface area contributed by atoms with E-state index in [1.807, 2.05) is 18.2 Å². The maximum atomic E-state index is 5.59. The van der Waals surface area contributed by atoms with Crippen molar-refractivity contribution in [1.29, 1.82) is 0 Å². The van der Waals surface area contributed by atoms with E-state index >= 15 is 0 Å². The highest BCUT2D eigenvalue weighted by Gasteiger charge is 2.21. The molecule has 2 heterocycles. The molecule has 17 heavy (non-hydrogen) atoms. The van der Waals surface area contributed by atoms with Crippen molar-refractivity contribution < 1.29 is 13.9 Å². The molecule has 1 aliphatic heterocycles. The van der Waals surface area contributed by atoms with Gasteiger partial charge < -0.3 is 13.9 Å². The molecular formula is C14H12O3. The van der Waals surface area contributed by atoms with Gasteiger partial charge in [-0.3, -0.25) is 0 Å². The number of benzene rings is 1. The number of ether oxygens (including phenoxy) is 2. The predicted molar refractivity (Wildman–Crippen MR) is 63.4 cm³/mol. The van der Waals surface area contributed by atoms with Crippen LogP contribution in [0.1, 0.15) is 23.8 Å². The molecular weight excluding hydrogens is 216 g/mol. The molecule has 0 amide bonds. The number of terminal acetylenes is 1. The van der Waals surface area contributed by atoms with Gasteiger partial charge in [0.25, 0.3) is 0 Å². The standard InChI is InChI=1S/C14H12O3/c1-2-10-8-11-4-7-15-13(11)12(9-10)14-16-5-3-6-17-14/h1,4,7-9,14H,3,5-6H2. The van der Waals surface area contributed by atoms with Crippen molar-refractivity contribution >= 4 is 11.0 Å². The molecule has 86 valence electrons. The second-order valence-corrected chi connectivity index (χ2v) is 3.98. The van der Waals surface area contributed by atoms with Crippen molar-refractivity contribution in [2.24, 2.45) is 0 Å². The van der Waals surface area contributed by atoms with Gasteiger partial charge in [0.15, 0.2) is 6.29 Å². The van der Waals surface area contributed by atoms with Gasteiger partial charge in [-0.05, 0) is 24.6 Å². The lowest BCUT2D eigenvalue weighted by Gasteiger charge is -2.23. The zero-order chi connectivity index (χ0) is 11.7. The Morgan fingerprint density at radius 2 is 2.06 bits per heavy atom. The van der Waals surface area contributed by atoms with E-state index in [9.17, 15) is 0 Å². The summed E-state index contributed by atoms with van der Waals surface area (Å²) in [5.74, 6) is 2.64. The molecule has 3 nitrogen and oxygen atoms in total. The molecule has 0 radical (unpaired) electrons. The first-order valence-corrected chi connectivity index (χ1v) is 5.59. The van der Waals surface area contributed by atoms with Crippen LogP contribution in [0, 0.1) is 12.3 Å². The molecule has 0 spiro atoms. The third-order valence-electron chi connectivity index (χ3n) is 2.83. The fourth-order valence-electron chi connectivity index (χ4n) is 2.04. The second-order valence-electron chi connectivity index (χ2n) is 3.98. The van der Waals surface area contributed by atoms with Gasteiger partial charge in [-0.15, -0.1) is 6.42 Å². The summed E-state index contributed by atoms with van der Waals surface area (Å²) in [4.78, 5) is 0. The molecule has 0 atom stereocenters. The topological polar surface area (TPSA) is 31.6 Å². The van der Waals surface area contributed by atoms with Crippen LogP contribution in [0.3, 0.4) is 0 Å². The Labute approximate surface area is 99.3 Å². The smallest absolute Gasteiger partial charge is 0.187 e. The minimum Gasteiger partial charge on any atom is -0.464 e. The van der Waals surface area contributed by atoms with Gasteiger partial charge in [-0.25, -0.2) is 0 Å². The normalized spacial score (nSPS) is 17.1. The van der Waals surface area contributed by atoms with Gasteiger partial charge in [0.2, 0.25) is 0 Å². The summed E-state index contributed by atoms with van der Waals surface area (Å²) in [7, 11) is 0. The predicted octanol–water partition coefficient (Wildman–Crippen LogP) is 2.85. The first kappa shape index (κ1) is 10.4. The summed E-state index contributed by atoms with van der Waals surface area (Å²) in [5, 5.41) is 0.980. The molecule has 1 aromatic heterocycles. The van der Waals surface area contributed by atoms with Crippen LogP contribution in [0.25, 0.3) is 11.0 Å². The van der Waals surface area contributed by atoms with Crippen LogP contribution in [0.15, 0.2) is 28.9 Å². The van der Waals surface area contributed by atoms with Crippen LogP contribution in [-0.4, -0.2) is 13.2 Å². The average molecular weight is 228 g/mol. The minimum atomic E-state index is -0.370. The van der Waals surface area contributed by atoms with Crippen LogP contribution in [0.4, 0.5) is 0 Å². The van der Waals surface area contributed by atoms with Gasteiger partial charge in [-0.1, -0.05) is 5.92 Å². The summed E-state index contributed by atoms with van der Waals surface area (Å²) in [6, 6.07) is 5.70. The minimum absolute atomic E-state index is 0.370. The summed E-state index contributed by atoms with van der Waals surface area (Å²) < 4.78 is 16.7. The lowest BCUT2D eigenvalue weighted by Crippen LogP contribution is -2.18. The average Bonchev–Trinajstić information content (AvgIpc) is 2.86. The molecule has 0 saturated carbocycles. The van der Waals surface area contributed by atoms with E-state index in [0.29, 0.717) is 13.2 Å². The molecule has 2 aromatic rings. The van der Waals surface area contributed by atoms with Gasteiger partial charge in [0.1, 0.15) is 5.58 Å². The molecule has 0 bridgehead atoms. The number of rotatable bonds is 1. The monoisotopic (exact) mass is 228 g/mol. The molecule has 1 fully saturated rings. The van der Waals surface area contributed by atoms with E-state index < -0.39 is 0 Å². The lowest BCUT2D eigenvalue weighted by atomic mass is 10.1. The van der Waals surface area contributed by atoms with Crippen molar-refractivity contribution in [2.75, 3.05) is 13.2 Å². The molecule has 0 aliphatic carbocycles. The Balaban J connectivity index is 2.12. The van der Waals surface area contributed by atoms with E-state index in [1.54, 1.807) is 6.26 Å². The number of furan rings is 1. The van der Waals surface area contributed by atoms with Crippen molar-refractivity contribution in [3.05, 3.63) is 35.6 Å². The Morgan fingerprint density at radius 1 is 1.24 bits per heavy atom. The SMILES string of the molecule is C#Cc1cc(C2OCCCO2)c2occc2c1. The molecule has 0 N–H and O–H groups in total. The summed E-state index contributed by atoms with van der Waals surface area (Å²) in [6.07, 6.45) is 7.65. The molecule has 1 saturated heterocycles. The van der Waals surface area contributed by atoms with E-state index in [-0.39, 0.29) is 6.29 Å². The van der Waals surface area contributed by atoms with E-state index in [2.05, 4.69) is 5.92 Å². The van der Waals surface area contributed by atoms with Gasteiger partial charge in [0, 0.05) is 10.9 Å². The maximum absolute atomic E-state index is 5.59. The zero-order valence-electron chi connectivity index (χ0n) is 9.31. The van der Waals surface area contributed by atoms with Gasteiger partial charge in [0.05, 0.1) is 25.0 Å². The lowest BCUT2D eigenvalue weighted by molar-refractivity contribution is -0.182. The highest BCUT2D eigenvalue weighted by atomic mass is 16.7.